The van der Waals surface area contributed by atoms with Gasteiger partial charge in [-0.05, 0) is 42.0 Å². The van der Waals surface area contributed by atoms with Crippen LogP contribution in [0.2, 0.25) is 0 Å². The van der Waals surface area contributed by atoms with Gasteiger partial charge in [-0.15, -0.1) is 0 Å². The lowest BCUT2D eigenvalue weighted by molar-refractivity contribution is 0.0940. The van der Waals surface area contributed by atoms with Crippen LogP contribution in [0.3, 0.4) is 0 Å². The Morgan fingerprint density at radius 1 is 1.06 bits per heavy atom. The molecule has 1 amide bonds. The first-order valence-electron chi connectivity index (χ1n) is 10.3. The molecule has 0 saturated heterocycles. The van der Waals surface area contributed by atoms with E-state index in [1.165, 1.54) is 25.3 Å². The summed E-state index contributed by atoms with van der Waals surface area (Å²) in [5, 5.41) is 6.50. The van der Waals surface area contributed by atoms with Crippen LogP contribution in [0, 0.1) is 5.82 Å². The van der Waals surface area contributed by atoms with Gasteiger partial charge in [-0.2, -0.15) is 9.78 Å². The molecule has 4 rings (SSSR count). The van der Waals surface area contributed by atoms with E-state index in [9.17, 15) is 18.8 Å². The van der Waals surface area contributed by atoms with Crippen LogP contribution in [0.5, 0.6) is 5.75 Å². The predicted octanol–water partition coefficient (Wildman–Crippen LogP) is 1.92. The number of hydrogen-bond acceptors (Lipinski definition) is 6. The van der Waals surface area contributed by atoms with Crippen molar-refractivity contribution in [1.82, 2.24) is 24.6 Å². The first kappa shape index (κ1) is 22.6. The number of benzene rings is 2. The number of nitrogens with one attached hydrogen (secondary N) is 1. The molecule has 0 aliphatic carbocycles. The van der Waals surface area contributed by atoms with Crippen LogP contribution in [-0.4, -0.2) is 32.3 Å². The van der Waals surface area contributed by atoms with Gasteiger partial charge in [0.15, 0.2) is 0 Å². The van der Waals surface area contributed by atoms with E-state index < -0.39 is 28.7 Å². The van der Waals surface area contributed by atoms with Crippen LogP contribution in [-0.2, 0) is 13.1 Å². The Hall–Kier alpha value is -4.60. The Labute approximate surface area is 193 Å². The number of halogens is 1. The first-order chi connectivity index (χ1) is 16.5. The maximum Gasteiger partial charge on any atom is 0.352 e. The molecule has 10 heteroatoms. The zero-order valence-electron chi connectivity index (χ0n) is 18.1. The molecule has 34 heavy (non-hydrogen) atoms. The van der Waals surface area contributed by atoms with Gasteiger partial charge < -0.3 is 10.1 Å². The summed E-state index contributed by atoms with van der Waals surface area (Å²) in [7, 11) is 1.49. The van der Waals surface area contributed by atoms with Gasteiger partial charge in [0.2, 0.25) is 5.69 Å². The second-order valence-electron chi connectivity index (χ2n) is 7.24. The van der Waals surface area contributed by atoms with Gasteiger partial charge in [-0.3, -0.25) is 19.1 Å². The van der Waals surface area contributed by atoms with Crippen molar-refractivity contribution in [2.45, 2.75) is 13.1 Å². The van der Waals surface area contributed by atoms with E-state index >= 15 is 0 Å². The number of pyridine rings is 1. The van der Waals surface area contributed by atoms with E-state index in [-0.39, 0.29) is 18.8 Å². The zero-order valence-corrected chi connectivity index (χ0v) is 18.1. The van der Waals surface area contributed by atoms with Crippen LogP contribution in [0.1, 0.15) is 21.7 Å². The molecule has 2 aromatic carbocycles. The third-order valence-electron chi connectivity index (χ3n) is 4.99. The first-order valence-corrected chi connectivity index (χ1v) is 10.3. The molecule has 0 aliphatic heterocycles. The van der Waals surface area contributed by atoms with Gasteiger partial charge >= 0.3 is 5.69 Å². The van der Waals surface area contributed by atoms with Crippen molar-refractivity contribution in [3.05, 3.63) is 117 Å². The number of aromatic nitrogens is 4. The molecule has 0 atom stereocenters. The maximum atomic E-state index is 14.5. The lowest BCUT2D eigenvalue weighted by atomic mass is 10.2. The molecule has 0 unspecified atom stereocenters. The molecule has 1 N–H and O–H groups in total. The number of hydrogen-bond donors (Lipinski definition) is 1. The molecule has 0 saturated carbocycles. The molecule has 0 radical (unpaired) electrons. The fraction of sp³-hybridized carbons (Fsp3) is 0.125. The van der Waals surface area contributed by atoms with Crippen molar-refractivity contribution in [1.29, 1.82) is 0 Å². The molecule has 0 spiro atoms. The highest BCUT2D eigenvalue weighted by molar-refractivity contribution is 5.91. The summed E-state index contributed by atoms with van der Waals surface area (Å²) in [6.07, 6.45) is 1.57. The third-order valence-corrected chi connectivity index (χ3v) is 4.99. The topological polar surface area (TPSA) is 108 Å². The van der Waals surface area contributed by atoms with Crippen molar-refractivity contribution >= 4 is 5.91 Å². The van der Waals surface area contributed by atoms with Crippen molar-refractivity contribution in [3.8, 4) is 11.4 Å². The standard InChI is InChI=1S/C24H20FN5O4/c1-34-18-9-6-7-16(13-18)15-29-23(32)21(22(31)27-14-17-8-4-5-12-26-17)28-30(24(29)33)20-11-3-2-10-19(20)25/h2-13H,14-15H2,1H3,(H,27,31). The Kier molecular flexibility index (Phi) is 6.58. The molecule has 0 aliphatic rings. The van der Waals surface area contributed by atoms with Crippen molar-refractivity contribution in [2.24, 2.45) is 0 Å². The number of carbonyl (C=O) groups is 1. The minimum absolute atomic E-state index is 0.0372. The van der Waals surface area contributed by atoms with Gasteiger partial charge in [-0.1, -0.05) is 30.3 Å². The van der Waals surface area contributed by atoms with Crippen LogP contribution >= 0.6 is 0 Å². The minimum Gasteiger partial charge on any atom is -0.497 e. The van der Waals surface area contributed by atoms with Crippen LogP contribution in [0.15, 0.2) is 82.5 Å². The molecule has 2 aromatic heterocycles. The molecule has 0 bridgehead atoms. The quantitative estimate of drug-likeness (QED) is 0.451. The highest BCUT2D eigenvalue weighted by Crippen LogP contribution is 2.13. The second kappa shape index (κ2) is 9.90. The van der Waals surface area contributed by atoms with Crippen LogP contribution < -0.4 is 21.3 Å². The maximum absolute atomic E-state index is 14.5. The van der Waals surface area contributed by atoms with Gasteiger partial charge in [0, 0.05) is 6.20 Å². The predicted molar refractivity (Wildman–Crippen MR) is 122 cm³/mol. The SMILES string of the molecule is COc1cccc(Cn2c(=O)c(C(=O)NCc3ccccn3)nn(-c3ccccc3F)c2=O)c1. The molecular formula is C24H20FN5O4. The number of carbonyl (C=O) groups excluding carboxylic acids is 1. The Morgan fingerprint density at radius 2 is 1.85 bits per heavy atom. The van der Waals surface area contributed by atoms with Gasteiger partial charge in [0.05, 0.1) is 25.9 Å². The molecule has 2 heterocycles. The monoisotopic (exact) mass is 461 g/mol. The average molecular weight is 461 g/mol. The Balaban J connectivity index is 1.80. The molecule has 9 nitrogen and oxygen atoms in total. The minimum atomic E-state index is -0.904. The molecule has 0 fully saturated rings. The summed E-state index contributed by atoms with van der Waals surface area (Å²) in [5.41, 5.74) is -1.40. The second-order valence-corrected chi connectivity index (χ2v) is 7.24. The fourth-order valence-corrected chi connectivity index (χ4v) is 3.29. The highest BCUT2D eigenvalue weighted by atomic mass is 19.1. The summed E-state index contributed by atoms with van der Waals surface area (Å²) >= 11 is 0. The molecule has 4 aromatic rings. The Morgan fingerprint density at radius 3 is 2.59 bits per heavy atom. The van der Waals surface area contributed by atoms with Crippen molar-refractivity contribution in [3.63, 3.8) is 0 Å². The van der Waals surface area contributed by atoms with Crippen LogP contribution in [0.4, 0.5) is 4.39 Å². The molecule has 172 valence electrons. The largest absolute Gasteiger partial charge is 0.497 e. The Bertz CT molecular complexity index is 1450. The summed E-state index contributed by atoms with van der Waals surface area (Å²) in [5.74, 6) is -1.02. The van der Waals surface area contributed by atoms with E-state index in [4.69, 9.17) is 4.74 Å². The van der Waals surface area contributed by atoms with Crippen LogP contribution in [0.25, 0.3) is 5.69 Å². The summed E-state index contributed by atoms with van der Waals surface area (Å²) in [6, 6.07) is 17.4. The number of nitrogens with zero attached hydrogens (tertiary/aromatic N) is 4. The van der Waals surface area contributed by atoms with Crippen molar-refractivity contribution in [2.75, 3.05) is 7.11 Å². The average Bonchev–Trinajstić information content (AvgIpc) is 2.86. The van der Waals surface area contributed by atoms with Gasteiger partial charge in [0.1, 0.15) is 17.3 Å². The fourth-order valence-electron chi connectivity index (χ4n) is 3.29. The highest BCUT2D eigenvalue weighted by Gasteiger charge is 2.21. The lowest BCUT2D eigenvalue weighted by Gasteiger charge is -2.13. The smallest absolute Gasteiger partial charge is 0.352 e. The van der Waals surface area contributed by atoms with E-state index in [1.807, 2.05) is 0 Å². The molecular weight excluding hydrogens is 441 g/mol. The summed E-state index contributed by atoms with van der Waals surface area (Å²) in [6.45, 7) is -0.137. The normalized spacial score (nSPS) is 10.6. The number of rotatable bonds is 7. The summed E-state index contributed by atoms with van der Waals surface area (Å²) in [4.78, 5) is 43.3. The van der Waals surface area contributed by atoms with E-state index in [0.717, 1.165) is 10.6 Å². The number of ether oxygens (including phenoxy) is 1. The van der Waals surface area contributed by atoms with E-state index in [2.05, 4.69) is 15.4 Å². The number of para-hydroxylation sites is 1. The number of methoxy groups -OCH3 is 1. The van der Waals surface area contributed by atoms with Gasteiger partial charge in [-0.25, -0.2) is 9.18 Å². The van der Waals surface area contributed by atoms with E-state index in [1.54, 1.807) is 48.7 Å². The summed E-state index contributed by atoms with van der Waals surface area (Å²) < 4.78 is 21.3. The third kappa shape index (κ3) is 4.75. The lowest BCUT2D eigenvalue weighted by Crippen LogP contribution is -2.46. The number of amides is 1. The van der Waals surface area contributed by atoms with Gasteiger partial charge in [0.25, 0.3) is 11.5 Å². The zero-order chi connectivity index (χ0) is 24.1. The van der Waals surface area contributed by atoms with Crippen molar-refractivity contribution < 1.29 is 13.9 Å². The van der Waals surface area contributed by atoms with E-state index in [0.29, 0.717) is 21.7 Å².